The maximum atomic E-state index is 12.0. The minimum atomic E-state index is -0.520. The molecule has 27 heavy (non-hydrogen) atoms. The number of amides is 1. The van der Waals surface area contributed by atoms with Gasteiger partial charge in [0, 0.05) is 11.9 Å². The van der Waals surface area contributed by atoms with Gasteiger partial charge < -0.3 is 14.3 Å². The molecule has 142 valence electrons. The van der Waals surface area contributed by atoms with Gasteiger partial charge in [-0.2, -0.15) is 0 Å². The Morgan fingerprint density at radius 3 is 2.74 bits per heavy atom. The second-order valence-corrected chi connectivity index (χ2v) is 7.82. The van der Waals surface area contributed by atoms with E-state index in [0.29, 0.717) is 6.61 Å². The number of nitrogens with zero attached hydrogens (tertiary/aromatic N) is 1. The van der Waals surface area contributed by atoms with Crippen molar-refractivity contribution >= 4 is 29.9 Å². The van der Waals surface area contributed by atoms with Crippen LogP contribution in [-0.2, 0) is 14.5 Å². The van der Waals surface area contributed by atoms with E-state index in [9.17, 15) is 4.79 Å². The maximum Gasteiger partial charge on any atom is 0.234 e. The van der Waals surface area contributed by atoms with Crippen LogP contribution in [0.3, 0.4) is 0 Å². The van der Waals surface area contributed by atoms with Crippen molar-refractivity contribution in [1.82, 2.24) is 0 Å². The molecule has 1 amide bonds. The summed E-state index contributed by atoms with van der Waals surface area (Å²) in [6.07, 6.45) is 3.35. The zero-order valence-corrected chi connectivity index (χ0v) is 16.6. The molecule has 0 aliphatic carbocycles. The highest BCUT2D eigenvalue weighted by molar-refractivity contribution is 7.94. The number of nitrogens with one attached hydrogen (secondary N) is 1. The number of hydrogen-bond acceptors (Lipinski definition) is 5. The Hall–Kier alpha value is -2.47. The Balaban J connectivity index is 1.37. The third-order valence-electron chi connectivity index (χ3n) is 4.50. The Morgan fingerprint density at radius 1 is 1.19 bits per heavy atom. The molecule has 0 aromatic heterocycles. The van der Waals surface area contributed by atoms with E-state index < -0.39 is 5.41 Å². The number of oxime groups is 1. The monoisotopic (exact) mass is 384 g/mol. The molecule has 1 aliphatic rings. The summed E-state index contributed by atoms with van der Waals surface area (Å²) in [5.74, 6) is 0.802. The number of anilines is 1. The smallest absolute Gasteiger partial charge is 0.234 e. The van der Waals surface area contributed by atoms with Gasteiger partial charge in [0.15, 0.2) is 0 Å². The third kappa shape index (κ3) is 4.83. The summed E-state index contributed by atoms with van der Waals surface area (Å²) in [5.41, 5.74) is 2.55. The molecule has 5 nitrogen and oxygen atoms in total. The van der Waals surface area contributed by atoms with Crippen LogP contribution in [-0.4, -0.2) is 18.7 Å². The van der Waals surface area contributed by atoms with Crippen LogP contribution in [0.5, 0.6) is 5.75 Å². The Kier molecular flexibility index (Phi) is 6.06. The van der Waals surface area contributed by atoms with E-state index in [1.54, 1.807) is 6.21 Å². The van der Waals surface area contributed by atoms with E-state index in [4.69, 9.17) is 9.02 Å². The lowest BCUT2D eigenvalue weighted by atomic mass is 9.86. The van der Waals surface area contributed by atoms with Crippen LogP contribution in [0, 0.1) is 6.92 Å². The summed E-state index contributed by atoms with van der Waals surface area (Å²) < 4.78 is 11.0. The van der Waals surface area contributed by atoms with E-state index in [1.165, 1.54) is 17.6 Å². The molecular formula is C21H24N2O3S. The predicted molar refractivity (Wildman–Crippen MR) is 109 cm³/mol. The first-order chi connectivity index (χ1) is 13.0. The molecule has 6 heteroatoms. The first kappa shape index (κ1) is 19.3. The Bertz CT molecular complexity index is 832. The molecule has 0 unspecified atom stereocenters. The molecule has 3 rings (SSSR count). The molecule has 0 fully saturated rings. The SMILES string of the molecule is Cc1ccc(SON=CCCCOc2ccc3c(c2)C(C)(C)C(=O)N3)cc1. The lowest BCUT2D eigenvalue weighted by Gasteiger charge is -2.16. The quantitative estimate of drug-likeness (QED) is 0.298. The highest BCUT2D eigenvalue weighted by atomic mass is 32.2. The Morgan fingerprint density at radius 2 is 1.96 bits per heavy atom. The van der Waals surface area contributed by atoms with Crippen molar-refractivity contribution < 1.29 is 13.8 Å². The van der Waals surface area contributed by atoms with Gasteiger partial charge in [-0.15, -0.1) is 0 Å². The van der Waals surface area contributed by atoms with Crippen molar-refractivity contribution in [2.45, 2.75) is 43.9 Å². The molecular weight excluding hydrogens is 360 g/mol. The summed E-state index contributed by atoms with van der Waals surface area (Å²) in [6, 6.07) is 13.8. The summed E-state index contributed by atoms with van der Waals surface area (Å²) >= 11 is 1.24. The summed E-state index contributed by atoms with van der Waals surface area (Å²) in [7, 11) is 0. The molecule has 0 radical (unpaired) electrons. The number of benzene rings is 2. The van der Waals surface area contributed by atoms with Crippen molar-refractivity contribution in [2.24, 2.45) is 5.16 Å². The number of unbranched alkanes of at least 4 members (excludes halogenated alkanes) is 1. The number of fused-ring (bicyclic) bond motifs is 1. The first-order valence-corrected chi connectivity index (χ1v) is 9.72. The minimum Gasteiger partial charge on any atom is -0.494 e. The number of hydrogen-bond donors (Lipinski definition) is 1. The second kappa shape index (κ2) is 8.48. The van der Waals surface area contributed by atoms with Crippen LogP contribution in [0.2, 0.25) is 0 Å². The van der Waals surface area contributed by atoms with Gasteiger partial charge in [0.1, 0.15) is 17.8 Å². The fourth-order valence-electron chi connectivity index (χ4n) is 2.75. The van der Waals surface area contributed by atoms with Crippen molar-refractivity contribution in [1.29, 1.82) is 0 Å². The van der Waals surface area contributed by atoms with Crippen LogP contribution in [0.25, 0.3) is 0 Å². The fourth-order valence-corrected chi connectivity index (χ4v) is 3.18. The number of aryl methyl sites for hydroxylation is 1. The number of carbonyl (C=O) groups is 1. The molecule has 0 atom stereocenters. The molecule has 1 aliphatic heterocycles. The van der Waals surface area contributed by atoms with Gasteiger partial charge in [-0.3, -0.25) is 4.79 Å². The highest BCUT2D eigenvalue weighted by Crippen LogP contribution is 2.39. The summed E-state index contributed by atoms with van der Waals surface area (Å²) in [5, 5.41) is 6.84. The van der Waals surface area contributed by atoms with Gasteiger partial charge in [-0.25, -0.2) is 0 Å². The molecule has 0 spiro atoms. The third-order valence-corrected chi connectivity index (χ3v) is 5.12. The number of rotatable bonds is 8. The van der Waals surface area contributed by atoms with Crippen LogP contribution in [0.1, 0.15) is 37.8 Å². The molecule has 2 aromatic carbocycles. The van der Waals surface area contributed by atoms with Gasteiger partial charge >= 0.3 is 0 Å². The average Bonchev–Trinajstić information content (AvgIpc) is 2.88. The van der Waals surface area contributed by atoms with Crippen LogP contribution >= 0.6 is 12.0 Å². The van der Waals surface area contributed by atoms with Crippen molar-refractivity contribution in [3.05, 3.63) is 53.6 Å². The summed E-state index contributed by atoms with van der Waals surface area (Å²) in [4.78, 5) is 13.0. The van der Waals surface area contributed by atoms with E-state index in [1.807, 2.05) is 56.3 Å². The fraction of sp³-hybridized carbons (Fsp3) is 0.333. The minimum absolute atomic E-state index is 0.0226. The molecule has 0 saturated carbocycles. The van der Waals surface area contributed by atoms with Crippen molar-refractivity contribution in [3.8, 4) is 5.75 Å². The molecule has 0 bridgehead atoms. The van der Waals surface area contributed by atoms with Gasteiger partial charge in [-0.1, -0.05) is 22.9 Å². The van der Waals surface area contributed by atoms with E-state index in [0.717, 1.165) is 34.7 Å². The molecule has 1 N–H and O–H groups in total. The number of carbonyl (C=O) groups excluding carboxylic acids is 1. The zero-order chi connectivity index (χ0) is 19.3. The van der Waals surface area contributed by atoms with Gasteiger partial charge in [0.05, 0.1) is 16.9 Å². The van der Waals surface area contributed by atoms with Crippen molar-refractivity contribution in [3.63, 3.8) is 0 Å². The van der Waals surface area contributed by atoms with Crippen LogP contribution < -0.4 is 10.1 Å². The predicted octanol–water partition coefficient (Wildman–Crippen LogP) is 5.09. The Labute approximate surface area is 164 Å². The lowest BCUT2D eigenvalue weighted by molar-refractivity contribution is -0.119. The van der Waals surface area contributed by atoms with Crippen molar-refractivity contribution in [2.75, 3.05) is 11.9 Å². The first-order valence-electron chi connectivity index (χ1n) is 8.98. The topological polar surface area (TPSA) is 59.9 Å². The summed E-state index contributed by atoms with van der Waals surface area (Å²) in [6.45, 7) is 6.47. The standard InChI is InChI=1S/C21H24N2O3S/c1-15-6-9-17(10-7-15)27-26-22-12-4-5-13-25-16-8-11-19-18(14-16)21(2,3)20(24)23-19/h6-12,14H,4-5,13H2,1-3H3,(H,23,24). The number of ether oxygens (including phenoxy) is 1. The van der Waals surface area contributed by atoms with Crippen LogP contribution in [0.4, 0.5) is 5.69 Å². The van der Waals surface area contributed by atoms with Gasteiger partial charge in [0.25, 0.3) is 0 Å². The average molecular weight is 385 g/mol. The van der Waals surface area contributed by atoms with E-state index in [-0.39, 0.29) is 5.91 Å². The highest BCUT2D eigenvalue weighted by Gasteiger charge is 2.38. The van der Waals surface area contributed by atoms with Crippen LogP contribution in [0.15, 0.2) is 52.5 Å². The maximum absolute atomic E-state index is 12.0. The van der Waals surface area contributed by atoms with E-state index in [2.05, 4.69) is 17.4 Å². The zero-order valence-electron chi connectivity index (χ0n) is 15.8. The molecule has 0 saturated heterocycles. The lowest BCUT2D eigenvalue weighted by Crippen LogP contribution is -2.26. The van der Waals surface area contributed by atoms with Gasteiger partial charge in [0.2, 0.25) is 5.91 Å². The molecule has 1 heterocycles. The normalized spacial score (nSPS) is 14.9. The second-order valence-electron chi connectivity index (χ2n) is 7.04. The largest absolute Gasteiger partial charge is 0.494 e. The van der Waals surface area contributed by atoms with Gasteiger partial charge in [-0.05, 0) is 69.5 Å². The molecule has 2 aromatic rings. The van der Waals surface area contributed by atoms with E-state index >= 15 is 0 Å².